The van der Waals surface area contributed by atoms with Crippen molar-refractivity contribution in [1.82, 2.24) is 4.98 Å². The fraction of sp³-hybridized carbons (Fsp3) is 0. The lowest BCUT2D eigenvalue weighted by molar-refractivity contribution is 0.563. The predicted octanol–water partition coefficient (Wildman–Crippen LogP) is 4.18. The molecule has 1 aromatic heterocycles. The normalized spacial score (nSPS) is 11.1. The van der Waals surface area contributed by atoms with Gasteiger partial charge < -0.3 is 9.40 Å². The second kappa shape index (κ2) is 3.29. The van der Waals surface area contributed by atoms with Crippen molar-refractivity contribution in [3.8, 4) is 0 Å². The molecule has 2 nitrogen and oxygen atoms in total. The molecule has 2 aromatic rings. The number of rotatable bonds is 0. The fourth-order valence-corrected chi connectivity index (χ4v) is 2.01. The van der Waals surface area contributed by atoms with Gasteiger partial charge in [-0.2, -0.15) is 0 Å². The summed E-state index contributed by atoms with van der Waals surface area (Å²) in [4.78, 5) is 2.39. The number of H-pyrrole nitrogens is 1. The average molecular weight is 301 g/mol. The van der Waals surface area contributed by atoms with Gasteiger partial charge in [-0.15, -0.1) is 0 Å². The molecule has 0 saturated heterocycles. The molecule has 0 amide bonds. The number of fused-ring (bicyclic) bond motifs is 1. The summed E-state index contributed by atoms with van der Waals surface area (Å²) >= 11 is 12.9. The van der Waals surface area contributed by atoms with Crippen molar-refractivity contribution in [2.24, 2.45) is 0 Å². The Hall–Kier alpha value is -0.460. The maximum Gasteiger partial charge on any atom is 0.267 e. The lowest BCUT2D eigenvalue weighted by Gasteiger charge is -1.99. The molecule has 1 heterocycles. The molecule has 0 aliphatic carbocycles. The minimum absolute atomic E-state index is 0.0191. The van der Waals surface area contributed by atoms with Gasteiger partial charge in [-0.1, -0.05) is 11.6 Å². The molecule has 0 bridgehead atoms. The molecule has 0 unspecified atom stereocenters. The van der Waals surface area contributed by atoms with Crippen LogP contribution in [-0.4, -0.2) is 4.98 Å². The third-order valence-corrected chi connectivity index (χ3v) is 2.87. The first-order chi connectivity index (χ1) is 6.52. The summed E-state index contributed by atoms with van der Waals surface area (Å²) in [5.74, 6) is -1.82. The standard InChI is InChI=1S/C7HBrClF2NOS/c8-1-3(10)2(9)4(11)5-6(1)13-7(14)12-5/h(H,12,14). The minimum Gasteiger partial charge on any atom is -0.428 e. The van der Waals surface area contributed by atoms with E-state index in [0.717, 1.165) is 0 Å². The molecule has 14 heavy (non-hydrogen) atoms. The first kappa shape index (κ1) is 10.1. The molecular weight excluding hydrogens is 300 g/mol. The van der Waals surface area contributed by atoms with Gasteiger partial charge in [0, 0.05) is 0 Å². The van der Waals surface area contributed by atoms with E-state index in [9.17, 15) is 8.78 Å². The Morgan fingerprint density at radius 3 is 2.64 bits per heavy atom. The molecule has 0 fully saturated rings. The summed E-state index contributed by atoms with van der Waals surface area (Å²) in [6.07, 6.45) is 0. The summed E-state index contributed by atoms with van der Waals surface area (Å²) in [6.45, 7) is 0. The second-order valence-electron chi connectivity index (χ2n) is 2.47. The van der Waals surface area contributed by atoms with Gasteiger partial charge in [0.15, 0.2) is 17.2 Å². The maximum absolute atomic E-state index is 13.3. The van der Waals surface area contributed by atoms with Gasteiger partial charge in [-0.25, -0.2) is 8.78 Å². The Labute approximate surface area is 95.0 Å². The van der Waals surface area contributed by atoms with E-state index in [-0.39, 0.29) is 20.4 Å². The molecule has 0 aliphatic rings. The highest BCUT2D eigenvalue weighted by atomic mass is 79.9. The highest BCUT2D eigenvalue weighted by Crippen LogP contribution is 2.34. The summed E-state index contributed by atoms with van der Waals surface area (Å²) in [6, 6.07) is 0. The number of hydrogen-bond donors (Lipinski definition) is 1. The molecule has 0 radical (unpaired) electrons. The molecule has 0 saturated carbocycles. The van der Waals surface area contributed by atoms with Crippen LogP contribution < -0.4 is 0 Å². The summed E-state index contributed by atoms with van der Waals surface area (Å²) in [5, 5.41) is -0.601. The Morgan fingerprint density at radius 2 is 2.00 bits per heavy atom. The third kappa shape index (κ3) is 1.29. The van der Waals surface area contributed by atoms with Crippen molar-refractivity contribution in [2.75, 3.05) is 0 Å². The van der Waals surface area contributed by atoms with Crippen LogP contribution in [0.15, 0.2) is 8.89 Å². The summed E-state index contributed by atoms with van der Waals surface area (Å²) < 4.78 is 31.4. The van der Waals surface area contributed by atoms with E-state index >= 15 is 0 Å². The largest absolute Gasteiger partial charge is 0.428 e. The highest BCUT2D eigenvalue weighted by Gasteiger charge is 2.20. The van der Waals surface area contributed by atoms with Crippen LogP contribution in [0.4, 0.5) is 8.78 Å². The zero-order valence-corrected chi connectivity index (χ0v) is 9.49. The first-order valence-corrected chi connectivity index (χ1v) is 4.95. The van der Waals surface area contributed by atoms with Crippen LogP contribution in [0.1, 0.15) is 0 Å². The number of nitrogens with one attached hydrogen (secondary N) is 1. The van der Waals surface area contributed by atoms with E-state index in [1.807, 2.05) is 0 Å². The van der Waals surface area contributed by atoms with Crippen molar-refractivity contribution in [3.05, 3.63) is 26.0 Å². The minimum atomic E-state index is -0.915. The van der Waals surface area contributed by atoms with E-state index in [1.54, 1.807) is 0 Å². The molecule has 1 aromatic carbocycles. The Bertz CT molecular complexity index is 531. The third-order valence-electron chi connectivity index (χ3n) is 1.65. The molecular formula is C7HBrClF2NOS. The smallest absolute Gasteiger partial charge is 0.267 e. The van der Waals surface area contributed by atoms with Gasteiger partial charge in [0.2, 0.25) is 0 Å². The van der Waals surface area contributed by atoms with Crippen LogP contribution in [0.25, 0.3) is 11.1 Å². The topological polar surface area (TPSA) is 28.9 Å². The number of aromatic amines is 1. The van der Waals surface area contributed by atoms with Gasteiger partial charge >= 0.3 is 0 Å². The van der Waals surface area contributed by atoms with Crippen LogP contribution in [0, 0.1) is 16.5 Å². The van der Waals surface area contributed by atoms with Crippen LogP contribution in [0.3, 0.4) is 0 Å². The summed E-state index contributed by atoms with van der Waals surface area (Å²) in [7, 11) is 0. The van der Waals surface area contributed by atoms with E-state index in [0.29, 0.717) is 0 Å². The van der Waals surface area contributed by atoms with Gasteiger partial charge in [0.1, 0.15) is 10.5 Å². The Morgan fingerprint density at radius 1 is 1.36 bits per heavy atom. The van der Waals surface area contributed by atoms with Crippen LogP contribution in [0.5, 0.6) is 0 Å². The molecule has 7 heteroatoms. The second-order valence-corrected chi connectivity index (χ2v) is 4.02. The average Bonchev–Trinajstić information content (AvgIpc) is 2.54. The molecule has 2 rings (SSSR count). The van der Waals surface area contributed by atoms with Crippen LogP contribution in [-0.2, 0) is 0 Å². The van der Waals surface area contributed by atoms with E-state index in [1.165, 1.54) is 0 Å². The zero-order chi connectivity index (χ0) is 10.5. The van der Waals surface area contributed by atoms with E-state index in [2.05, 4.69) is 33.1 Å². The first-order valence-electron chi connectivity index (χ1n) is 3.37. The molecule has 0 aliphatic heterocycles. The van der Waals surface area contributed by atoms with Crippen LogP contribution >= 0.6 is 39.7 Å². The number of oxazole rings is 1. The Balaban J connectivity index is 3.08. The van der Waals surface area contributed by atoms with Crippen LogP contribution in [0.2, 0.25) is 5.02 Å². The van der Waals surface area contributed by atoms with Crippen molar-refractivity contribution < 1.29 is 13.2 Å². The fourth-order valence-electron chi connectivity index (χ4n) is 1.04. The highest BCUT2D eigenvalue weighted by molar-refractivity contribution is 9.10. The van der Waals surface area contributed by atoms with Crippen molar-refractivity contribution in [3.63, 3.8) is 0 Å². The van der Waals surface area contributed by atoms with Crippen molar-refractivity contribution in [2.45, 2.75) is 0 Å². The SMILES string of the molecule is Fc1c(Cl)c(F)c2[nH]c(=S)oc2c1Br. The maximum atomic E-state index is 13.3. The molecule has 1 N–H and O–H groups in total. The number of aromatic nitrogens is 1. The molecule has 0 atom stereocenters. The number of hydrogen-bond acceptors (Lipinski definition) is 2. The zero-order valence-electron chi connectivity index (χ0n) is 6.33. The molecule has 0 spiro atoms. The van der Waals surface area contributed by atoms with Gasteiger partial charge in [-0.3, -0.25) is 0 Å². The van der Waals surface area contributed by atoms with Crippen molar-refractivity contribution in [1.29, 1.82) is 0 Å². The van der Waals surface area contributed by atoms with E-state index < -0.39 is 16.7 Å². The predicted molar refractivity (Wildman–Crippen MR) is 54.0 cm³/mol. The lowest BCUT2D eigenvalue weighted by atomic mass is 10.3. The quantitative estimate of drug-likeness (QED) is 0.449. The van der Waals surface area contributed by atoms with Gasteiger partial charge in [-0.05, 0) is 28.1 Å². The van der Waals surface area contributed by atoms with Gasteiger partial charge in [0.25, 0.3) is 4.84 Å². The summed E-state index contributed by atoms with van der Waals surface area (Å²) in [5.41, 5.74) is -0.0670. The van der Waals surface area contributed by atoms with E-state index in [4.69, 9.17) is 16.0 Å². The molecule has 74 valence electrons. The van der Waals surface area contributed by atoms with Gasteiger partial charge in [0.05, 0.1) is 4.47 Å². The number of benzene rings is 1. The Kier molecular flexibility index (Phi) is 2.36. The monoisotopic (exact) mass is 299 g/mol. The number of halogens is 4. The lowest BCUT2D eigenvalue weighted by Crippen LogP contribution is -1.88. The van der Waals surface area contributed by atoms with Crippen molar-refractivity contribution >= 4 is 50.8 Å².